The van der Waals surface area contributed by atoms with Crippen molar-refractivity contribution in [3.63, 3.8) is 0 Å². The lowest BCUT2D eigenvalue weighted by Crippen LogP contribution is -2.44. The van der Waals surface area contributed by atoms with Gasteiger partial charge in [0, 0.05) is 19.6 Å². The van der Waals surface area contributed by atoms with Gasteiger partial charge in [0.05, 0.1) is 0 Å². The summed E-state index contributed by atoms with van der Waals surface area (Å²) in [7, 11) is 1.94. The number of benzene rings is 1. The van der Waals surface area contributed by atoms with Crippen LogP contribution in [0.3, 0.4) is 0 Å². The monoisotopic (exact) mass is 300 g/mol. The summed E-state index contributed by atoms with van der Waals surface area (Å²) in [4.78, 5) is 14.2. The maximum atomic E-state index is 12.3. The average Bonchev–Trinajstić information content (AvgIpc) is 2.59. The summed E-state index contributed by atoms with van der Waals surface area (Å²) in [6.45, 7) is 0.642. The predicted molar refractivity (Wildman–Crippen MR) is 90.0 cm³/mol. The Balaban J connectivity index is 1.54. The second-order valence-electron chi connectivity index (χ2n) is 6.87. The van der Waals surface area contributed by atoms with E-state index >= 15 is 0 Å². The molecule has 0 saturated heterocycles. The average molecular weight is 300 g/mol. The fourth-order valence-electron chi connectivity index (χ4n) is 3.83. The molecular weight excluding hydrogens is 272 g/mol. The van der Waals surface area contributed by atoms with E-state index < -0.39 is 0 Å². The summed E-state index contributed by atoms with van der Waals surface area (Å²) >= 11 is 0. The van der Waals surface area contributed by atoms with Gasteiger partial charge in [0.25, 0.3) is 0 Å². The molecule has 0 heterocycles. The number of carbonyl (C=O) groups excluding carboxylic acids is 1. The van der Waals surface area contributed by atoms with E-state index in [1.54, 1.807) is 0 Å². The Hall–Kier alpha value is -1.51. The maximum Gasteiger partial charge on any atom is 0.317 e. The molecule has 3 heteroatoms. The minimum Gasteiger partial charge on any atom is -0.334 e. The second-order valence-corrected chi connectivity index (χ2v) is 6.87. The van der Waals surface area contributed by atoms with Crippen LogP contribution in [0.5, 0.6) is 0 Å². The van der Waals surface area contributed by atoms with Crippen molar-refractivity contribution in [2.45, 2.75) is 70.4 Å². The molecule has 1 aromatic carbocycles. The van der Waals surface area contributed by atoms with Gasteiger partial charge < -0.3 is 10.2 Å². The van der Waals surface area contributed by atoms with E-state index in [0.717, 1.165) is 12.8 Å². The highest BCUT2D eigenvalue weighted by Crippen LogP contribution is 2.23. The Morgan fingerprint density at radius 2 is 1.82 bits per heavy atom. The maximum absolute atomic E-state index is 12.3. The van der Waals surface area contributed by atoms with Gasteiger partial charge in [-0.1, -0.05) is 37.5 Å². The summed E-state index contributed by atoms with van der Waals surface area (Å²) in [6.07, 6.45) is 11.2. The Labute approximate surface area is 134 Å². The highest BCUT2D eigenvalue weighted by atomic mass is 16.2. The molecule has 0 aromatic heterocycles. The zero-order chi connectivity index (χ0) is 15.4. The SMILES string of the molecule is CN(C(=O)NCc1ccc2c(c1)CCCC2)C1CCCCC1. The first-order valence-corrected chi connectivity index (χ1v) is 8.85. The molecule has 1 aromatic rings. The molecule has 0 bridgehead atoms. The Kier molecular flexibility index (Phi) is 5.01. The summed E-state index contributed by atoms with van der Waals surface area (Å²) in [5.74, 6) is 0. The van der Waals surface area contributed by atoms with Crippen LogP contribution < -0.4 is 5.32 Å². The molecule has 0 aliphatic heterocycles. The number of rotatable bonds is 3. The number of amides is 2. The summed E-state index contributed by atoms with van der Waals surface area (Å²) < 4.78 is 0. The van der Waals surface area contributed by atoms with Crippen LogP contribution in [0, 0.1) is 0 Å². The first kappa shape index (κ1) is 15.4. The van der Waals surface area contributed by atoms with Crippen molar-refractivity contribution >= 4 is 6.03 Å². The molecule has 22 heavy (non-hydrogen) atoms. The van der Waals surface area contributed by atoms with Crippen LogP contribution in [0.1, 0.15) is 61.6 Å². The molecule has 1 N–H and O–H groups in total. The molecule has 2 aliphatic rings. The molecule has 0 unspecified atom stereocenters. The number of fused-ring (bicyclic) bond motifs is 1. The fraction of sp³-hybridized carbons (Fsp3) is 0.632. The lowest BCUT2D eigenvalue weighted by Gasteiger charge is -2.31. The van der Waals surface area contributed by atoms with Crippen LogP contribution in [0.2, 0.25) is 0 Å². The number of urea groups is 1. The zero-order valence-corrected chi connectivity index (χ0v) is 13.7. The minimum atomic E-state index is 0.0737. The molecule has 1 fully saturated rings. The largest absolute Gasteiger partial charge is 0.334 e. The van der Waals surface area contributed by atoms with E-state index in [4.69, 9.17) is 0 Å². The number of hydrogen-bond donors (Lipinski definition) is 1. The van der Waals surface area contributed by atoms with Crippen LogP contribution in [-0.2, 0) is 19.4 Å². The van der Waals surface area contributed by atoms with Crippen LogP contribution in [-0.4, -0.2) is 24.0 Å². The van der Waals surface area contributed by atoms with E-state index in [9.17, 15) is 4.79 Å². The van der Waals surface area contributed by atoms with Crippen LogP contribution in [0.4, 0.5) is 4.79 Å². The zero-order valence-electron chi connectivity index (χ0n) is 13.7. The van der Waals surface area contributed by atoms with Crippen molar-refractivity contribution in [2.24, 2.45) is 0 Å². The smallest absolute Gasteiger partial charge is 0.317 e. The molecule has 2 amide bonds. The summed E-state index contributed by atoms with van der Waals surface area (Å²) in [5, 5.41) is 3.09. The molecule has 2 aliphatic carbocycles. The third kappa shape index (κ3) is 3.63. The highest BCUT2D eigenvalue weighted by Gasteiger charge is 2.21. The van der Waals surface area contributed by atoms with E-state index in [0.29, 0.717) is 12.6 Å². The molecule has 1 saturated carbocycles. The van der Waals surface area contributed by atoms with E-state index in [2.05, 4.69) is 23.5 Å². The molecule has 0 spiro atoms. The van der Waals surface area contributed by atoms with Crippen LogP contribution >= 0.6 is 0 Å². The molecule has 3 rings (SSSR count). The Morgan fingerprint density at radius 3 is 2.59 bits per heavy atom. The molecule has 120 valence electrons. The third-order valence-corrected chi connectivity index (χ3v) is 5.30. The molecular formula is C19H28N2O. The number of carbonyl (C=O) groups is 1. The molecule has 0 atom stereocenters. The van der Waals surface area contributed by atoms with Gasteiger partial charge in [0.15, 0.2) is 0 Å². The van der Waals surface area contributed by atoms with Crippen LogP contribution in [0.15, 0.2) is 18.2 Å². The second kappa shape index (κ2) is 7.17. The highest BCUT2D eigenvalue weighted by molar-refractivity contribution is 5.74. The van der Waals surface area contributed by atoms with Crippen LogP contribution in [0.25, 0.3) is 0 Å². The van der Waals surface area contributed by atoms with Gasteiger partial charge in [-0.25, -0.2) is 4.79 Å². The predicted octanol–water partition coefficient (Wildman–Crippen LogP) is 4.04. The van der Waals surface area contributed by atoms with Gasteiger partial charge in [-0.3, -0.25) is 0 Å². The fourth-order valence-corrected chi connectivity index (χ4v) is 3.83. The number of aryl methyl sites for hydroxylation is 2. The van der Waals surface area contributed by atoms with Crippen molar-refractivity contribution in [3.8, 4) is 0 Å². The topological polar surface area (TPSA) is 32.3 Å². The Morgan fingerprint density at radius 1 is 1.09 bits per heavy atom. The van der Waals surface area contributed by atoms with Gasteiger partial charge >= 0.3 is 6.03 Å². The van der Waals surface area contributed by atoms with Crippen molar-refractivity contribution in [1.82, 2.24) is 10.2 Å². The normalized spacial score (nSPS) is 18.6. The molecule has 0 radical (unpaired) electrons. The van der Waals surface area contributed by atoms with Crippen molar-refractivity contribution in [3.05, 3.63) is 34.9 Å². The lowest BCUT2D eigenvalue weighted by molar-refractivity contribution is 0.173. The first-order valence-electron chi connectivity index (χ1n) is 8.85. The Bertz CT molecular complexity index is 520. The van der Waals surface area contributed by atoms with Gasteiger partial charge in [0.2, 0.25) is 0 Å². The summed E-state index contributed by atoms with van der Waals surface area (Å²) in [5.41, 5.74) is 4.21. The number of nitrogens with one attached hydrogen (secondary N) is 1. The van der Waals surface area contributed by atoms with E-state index in [-0.39, 0.29) is 6.03 Å². The lowest BCUT2D eigenvalue weighted by atomic mass is 9.90. The third-order valence-electron chi connectivity index (χ3n) is 5.30. The quantitative estimate of drug-likeness (QED) is 0.897. The first-order chi connectivity index (χ1) is 10.7. The van der Waals surface area contributed by atoms with Gasteiger partial charge in [-0.05, 0) is 55.2 Å². The van der Waals surface area contributed by atoms with Gasteiger partial charge in [-0.15, -0.1) is 0 Å². The van der Waals surface area contributed by atoms with Gasteiger partial charge in [-0.2, -0.15) is 0 Å². The molecule has 3 nitrogen and oxygen atoms in total. The number of nitrogens with zero attached hydrogens (tertiary/aromatic N) is 1. The van der Waals surface area contributed by atoms with Crippen molar-refractivity contribution < 1.29 is 4.79 Å². The standard InChI is InChI=1S/C19H28N2O/c1-21(18-9-3-2-4-10-18)19(22)20-14-15-11-12-16-7-5-6-8-17(16)13-15/h11-13,18H,2-10,14H2,1H3,(H,20,22). The minimum absolute atomic E-state index is 0.0737. The number of hydrogen-bond acceptors (Lipinski definition) is 1. The van der Waals surface area contributed by atoms with Crippen molar-refractivity contribution in [2.75, 3.05) is 7.05 Å². The van der Waals surface area contributed by atoms with E-state index in [1.807, 2.05) is 11.9 Å². The van der Waals surface area contributed by atoms with Gasteiger partial charge in [0.1, 0.15) is 0 Å². The van der Waals surface area contributed by atoms with Crippen molar-refractivity contribution in [1.29, 1.82) is 0 Å². The van der Waals surface area contributed by atoms with E-state index in [1.165, 1.54) is 61.6 Å². The summed E-state index contributed by atoms with van der Waals surface area (Å²) in [6, 6.07) is 7.21.